The van der Waals surface area contributed by atoms with Gasteiger partial charge in [-0.15, -0.1) is 0 Å². The van der Waals surface area contributed by atoms with E-state index >= 15 is 0 Å². The maximum absolute atomic E-state index is 12.3. The van der Waals surface area contributed by atoms with Crippen molar-refractivity contribution in [1.29, 1.82) is 0 Å². The Labute approximate surface area is 98.6 Å². The van der Waals surface area contributed by atoms with Gasteiger partial charge in [0.1, 0.15) is 0 Å². The Morgan fingerprint density at radius 2 is 1.88 bits per heavy atom. The van der Waals surface area contributed by atoms with Crippen LogP contribution in [0.3, 0.4) is 0 Å². The maximum Gasteiger partial charge on any atom is 0.227 e. The highest BCUT2D eigenvalue weighted by Gasteiger charge is 2.35. The van der Waals surface area contributed by atoms with Crippen molar-refractivity contribution in [1.82, 2.24) is 10.2 Å². The van der Waals surface area contributed by atoms with Crippen LogP contribution in [0.25, 0.3) is 0 Å². The zero-order chi connectivity index (χ0) is 11.8. The molecule has 3 heteroatoms. The Bertz CT molecular complexity index is 265. The molecule has 2 saturated heterocycles. The molecule has 16 heavy (non-hydrogen) atoms. The van der Waals surface area contributed by atoms with Crippen molar-refractivity contribution in [2.45, 2.75) is 33.6 Å². The average Bonchev–Trinajstić information content (AvgIpc) is 2.63. The second-order valence-electron chi connectivity index (χ2n) is 6.23. The Hall–Kier alpha value is -0.570. The first-order chi connectivity index (χ1) is 7.49. The summed E-state index contributed by atoms with van der Waals surface area (Å²) >= 11 is 0. The third-order valence-electron chi connectivity index (χ3n) is 4.26. The summed E-state index contributed by atoms with van der Waals surface area (Å²) in [5.41, 5.74) is 0.427. The Morgan fingerprint density at radius 1 is 1.25 bits per heavy atom. The van der Waals surface area contributed by atoms with Crippen LogP contribution >= 0.6 is 0 Å². The van der Waals surface area contributed by atoms with E-state index in [9.17, 15) is 4.79 Å². The monoisotopic (exact) mass is 224 g/mol. The molecule has 2 fully saturated rings. The van der Waals surface area contributed by atoms with Crippen LogP contribution in [-0.2, 0) is 4.79 Å². The third-order valence-corrected chi connectivity index (χ3v) is 4.26. The molecule has 0 aromatic rings. The largest absolute Gasteiger partial charge is 0.342 e. The van der Waals surface area contributed by atoms with Gasteiger partial charge in [0, 0.05) is 19.6 Å². The van der Waals surface area contributed by atoms with Crippen LogP contribution in [0.4, 0.5) is 0 Å². The molecule has 2 atom stereocenters. The Morgan fingerprint density at radius 3 is 2.38 bits per heavy atom. The fraction of sp³-hybridized carbons (Fsp3) is 0.923. The fourth-order valence-electron chi connectivity index (χ4n) is 2.71. The van der Waals surface area contributed by atoms with Gasteiger partial charge >= 0.3 is 0 Å². The summed E-state index contributed by atoms with van der Waals surface area (Å²) in [4.78, 5) is 14.4. The molecule has 2 heterocycles. The highest BCUT2D eigenvalue weighted by molar-refractivity contribution is 5.79. The second-order valence-corrected chi connectivity index (χ2v) is 6.23. The van der Waals surface area contributed by atoms with Gasteiger partial charge in [-0.25, -0.2) is 0 Å². The minimum absolute atomic E-state index is 0.223. The number of carbonyl (C=O) groups is 1. The molecule has 1 N–H and O–H groups in total. The Balaban J connectivity index is 1.91. The van der Waals surface area contributed by atoms with Gasteiger partial charge in [0.2, 0.25) is 5.91 Å². The van der Waals surface area contributed by atoms with Gasteiger partial charge in [-0.3, -0.25) is 4.79 Å². The number of hydrogen-bond acceptors (Lipinski definition) is 2. The van der Waals surface area contributed by atoms with Gasteiger partial charge < -0.3 is 10.2 Å². The lowest BCUT2D eigenvalue weighted by molar-refractivity contribution is -0.138. The highest BCUT2D eigenvalue weighted by Crippen LogP contribution is 2.31. The van der Waals surface area contributed by atoms with Crippen molar-refractivity contribution in [3.05, 3.63) is 0 Å². The van der Waals surface area contributed by atoms with Crippen LogP contribution in [-0.4, -0.2) is 37.0 Å². The van der Waals surface area contributed by atoms with Gasteiger partial charge in [-0.2, -0.15) is 0 Å². The zero-order valence-corrected chi connectivity index (χ0v) is 10.8. The van der Waals surface area contributed by atoms with Crippen LogP contribution in [0.5, 0.6) is 0 Å². The van der Waals surface area contributed by atoms with E-state index in [0.29, 0.717) is 17.2 Å². The summed E-state index contributed by atoms with van der Waals surface area (Å²) in [5, 5.41) is 3.31. The quantitative estimate of drug-likeness (QED) is 0.732. The molecular weight excluding hydrogens is 200 g/mol. The van der Waals surface area contributed by atoms with Crippen molar-refractivity contribution >= 4 is 5.91 Å². The zero-order valence-electron chi connectivity index (χ0n) is 10.8. The summed E-state index contributed by atoms with van der Waals surface area (Å²) in [7, 11) is 0. The number of piperidine rings is 1. The molecule has 0 aromatic carbocycles. The van der Waals surface area contributed by atoms with Crippen molar-refractivity contribution in [3.8, 4) is 0 Å². The minimum atomic E-state index is 0.223. The van der Waals surface area contributed by atoms with E-state index in [1.807, 2.05) is 0 Å². The topological polar surface area (TPSA) is 32.3 Å². The summed E-state index contributed by atoms with van der Waals surface area (Å²) in [6.07, 6.45) is 2.29. The molecule has 2 aliphatic heterocycles. The molecule has 0 radical (unpaired) electrons. The molecular formula is C13H24N2O. The average molecular weight is 224 g/mol. The summed E-state index contributed by atoms with van der Waals surface area (Å²) < 4.78 is 0. The molecule has 0 saturated carbocycles. The van der Waals surface area contributed by atoms with Crippen LogP contribution in [0.2, 0.25) is 0 Å². The van der Waals surface area contributed by atoms with Crippen molar-refractivity contribution < 1.29 is 4.79 Å². The lowest BCUT2D eigenvalue weighted by atomic mass is 9.82. The van der Waals surface area contributed by atoms with Crippen LogP contribution in [0.1, 0.15) is 33.6 Å². The minimum Gasteiger partial charge on any atom is -0.342 e. The van der Waals surface area contributed by atoms with E-state index in [-0.39, 0.29) is 5.92 Å². The van der Waals surface area contributed by atoms with E-state index in [0.717, 1.165) is 39.0 Å². The van der Waals surface area contributed by atoms with E-state index in [1.165, 1.54) is 0 Å². The maximum atomic E-state index is 12.3. The van der Waals surface area contributed by atoms with Gasteiger partial charge in [-0.05, 0) is 30.7 Å². The lowest BCUT2D eigenvalue weighted by Crippen LogP contribution is -2.45. The fourth-order valence-corrected chi connectivity index (χ4v) is 2.71. The molecule has 0 bridgehead atoms. The van der Waals surface area contributed by atoms with Crippen molar-refractivity contribution in [2.75, 3.05) is 26.2 Å². The molecule has 0 aromatic heterocycles. The number of nitrogens with zero attached hydrogens (tertiary/aromatic N) is 1. The number of rotatable bonds is 1. The van der Waals surface area contributed by atoms with E-state index in [2.05, 4.69) is 31.0 Å². The molecule has 0 spiro atoms. The first-order valence-corrected chi connectivity index (χ1v) is 6.49. The first kappa shape index (κ1) is 11.9. The number of hydrogen-bond donors (Lipinski definition) is 1. The Kier molecular flexibility index (Phi) is 3.24. The molecule has 0 aliphatic carbocycles. The van der Waals surface area contributed by atoms with E-state index in [1.54, 1.807) is 0 Å². The van der Waals surface area contributed by atoms with Crippen LogP contribution in [0, 0.1) is 17.3 Å². The molecule has 2 aliphatic rings. The van der Waals surface area contributed by atoms with E-state index < -0.39 is 0 Å². The summed E-state index contributed by atoms with van der Waals surface area (Å²) in [5.74, 6) is 1.11. The van der Waals surface area contributed by atoms with Crippen molar-refractivity contribution in [3.63, 3.8) is 0 Å². The predicted molar refractivity (Wildman–Crippen MR) is 65.1 cm³/mol. The number of likely N-dealkylation sites (tertiary alicyclic amines) is 1. The third kappa shape index (κ3) is 2.40. The van der Waals surface area contributed by atoms with Crippen LogP contribution < -0.4 is 5.32 Å². The standard InChI is InChI=1S/C13H24N2O/c1-10-8-14-9-11(10)12(16)15-6-4-13(2,3)5-7-15/h10-11,14H,4-9H2,1-3H3. The molecule has 92 valence electrons. The predicted octanol–water partition coefficient (Wildman–Crippen LogP) is 1.49. The first-order valence-electron chi connectivity index (χ1n) is 6.49. The highest BCUT2D eigenvalue weighted by atomic mass is 16.2. The molecule has 3 nitrogen and oxygen atoms in total. The number of amides is 1. The van der Waals surface area contributed by atoms with Gasteiger partial charge in [0.25, 0.3) is 0 Å². The van der Waals surface area contributed by atoms with Gasteiger partial charge in [0.05, 0.1) is 5.92 Å². The van der Waals surface area contributed by atoms with E-state index in [4.69, 9.17) is 0 Å². The number of carbonyl (C=O) groups excluding carboxylic acids is 1. The molecule has 2 rings (SSSR count). The van der Waals surface area contributed by atoms with Crippen molar-refractivity contribution in [2.24, 2.45) is 17.3 Å². The smallest absolute Gasteiger partial charge is 0.227 e. The normalized spacial score (nSPS) is 34.1. The van der Waals surface area contributed by atoms with Crippen LogP contribution in [0.15, 0.2) is 0 Å². The molecule has 2 unspecified atom stereocenters. The number of nitrogens with one attached hydrogen (secondary N) is 1. The molecule has 1 amide bonds. The lowest BCUT2D eigenvalue weighted by Gasteiger charge is -2.38. The van der Waals surface area contributed by atoms with Gasteiger partial charge in [-0.1, -0.05) is 20.8 Å². The van der Waals surface area contributed by atoms with Gasteiger partial charge in [0.15, 0.2) is 0 Å². The second kappa shape index (κ2) is 4.36. The summed E-state index contributed by atoms with van der Waals surface area (Å²) in [6, 6.07) is 0. The SMILES string of the molecule is CC1CNCC1C(=O)N1CCC(C)(C)CC1. The summed E-state index contributed by atoms with van der Waals surface area (Å²) in [6.45, 7) is 10.6.